The van der Waals surface area contributed by atoms with Crippen molar-refractivity contribution in [1.29, 1.82) is 0 Å². The predicted octanol–water partition coefficient (Wildman–Crippen LogP) is 4.79. The van der Waals surface area contributed by atoms with Gasteiger partial charge in [0.05, 0.1) is 6.54 Å². The third-order valence-corrected chi connectivity index (χ3v) is 5.34. The molecule has 33 heavy (non-hydrogen) atoms. The van der Waals surface area contributed by atoms with Crippen LogP contribution in [0.15, 0.2) is 90.4 Å². The van der Waals surface area contributed by atoms with Crippen molar-refractivity contribution in [2.45, 2.75) is 26.6 Å². The molecule has 6 nitrogen and oxygen atoms in total. The van der Waals surface area contributed by atoms with Crippen molar-refractivity contribution in [3.63, 3.8) is 0 Å². The maximum absolute atomic E-state index is 4.37. The highest BCUT2D eigenvalue weighted by molar-refractivity contribution is 14.0. The van der Waals surface area contributed by atoms with Gasteiger partial charge in [-0.3, -0.25) is 4.99 Å². The van der Waals surface area contributed by atoms with Crippen molar-refractivity contribution in [3.8, 4) is 11.1 Å². The SMILES string of the molecule is CN=C(NCc1ccc(C)cc1)NCc1ccccc1-c1ccc(Cn2cncn2)cc1.I. The molecule has 0 saturated heterocycles. The smallest absolute Gasteiger partial charge is 0.191 e. The molecule has 0 atom stereocenters. The Morgan fingerprint density at radius 2 is 1.58 bits per heavy atom. The van der Waals surface area contributed by atoms with E-state index < -0.39 is 0 Å². The van der Waals surface area contributed by atoms with E-state index in [-0.39, 0.29) is 24.0 Å². The molecular weight excluding hydrogens is 523 g/mol. The van der Waals surface area contributed by atoms with Crippen molar-refractivity contribution >= 4 is 29.9 Å². The Kier molecular flexibility index (Phi) is 9.00. The van der Waals surface area contributed by atoms with Gasteiger partial charge in [-0.1, -0.05) is 78.4 Å². The van der Waals surface area contributed by atoms with Gasteiger partial charge < -0.3 is 10.6 Å². The van der Waals surface area contributed by atoms with Gasteiger partial charge in [-0.05, 0) is 34.7 Å². The van der Waals surface area contributed by atoms with Crippen LogP contribution in [0.25, 0.3) is 11.1 Å². The summed E-state index contributed by atoms with van der Waals surface area (Å²) in [4.78, 5) is 8.37. The first kappa shape index (κ1) is 24.4. The van der Waals surface area contributed by atoms with Crippen LogP contribution >= 0.6 is 24.0 Å². The van der Waals surface area contributed by atoms with Crippen molar-refractivity contribution in [3.05, 3.63) is 108 Å². The van der Waals surface area contributed by atoms with Gasteiger partial charge in [0.2, 0.25) is 0 Å². The van der Waals surface area contributed by atoms with Crippen LogP contribution in [-0.4, -0.2) is 27.8 Å². The van der Waals surface area contributed by atoms with Crippen LogP contribution in [0.3, 0.4) is 0 Å². The van der Waals surface area contributed by atoms with Crippen LogP contribution < -0.4 is 10.6 Å². The number of guanidine groups is 1. The maximum Gasteiger partial charge on any atom is 0.191 e. The summed E-state index contributed by atoms with van der Waals surface area (Å²) >= 11 is 0. The first-order chi connectivity index (χ1) is 15.7. The van der Waals surface area contributed by atoms with Gasteiger partial charge in [0.25, 0.3) is 0 Å². The molecule has 3 aromatic carbocycles. The van der Waals surface area contributed by atoms with E-state index >= 15 is 0 Å². The molecule has 4 rings (SSSR count). The molecule has 0 amide bonds. The third kappa shape index (κ3) is 6.89. The van der Waals surface area contributed by atoms with Crippen molar-refractivity contribution in [2.75, 3.05) is 7.05 Å². The molecule has 1 heterocycles. The number of benzene rings is 3. The molecule has 0 fully saturated rings. The molecule has 2 N–H and O–H groups in total. The molecule has 0 unspecified atom stereocenters. The Morgan fingerprint density at radius 1 is 0.879 bits per heavy atom. The number of nitrogens with zero attached hydrogens (tertiary/aromatic N) is 4. The average Bonchev–Trinajstić information content (AvgIpc) is 3.34. The second-order valence-corrected chi connectivity index (χ2v) is 7.71. The number of aromatic nitrogens is 3. The van der Waals surface area contributed by atoms with E-state index in [0.29, 0.717) is 13.1 Å². The fraction of sp³-hybridized carbons (Fsp3) is 0.192. The minimum Gasteiger partial charge on any atom is -0.352 e. The number of hydrogen-bond acceptors (Lipinski definition) is 3. The summed E-state index contributed by atoms with van der Waals surface area (Å²) in [6, 6.07) is 25.6. The largest absolute Gasteiger partial charge is 0.352 e. The number of nitrogens with one attached hydrogen (secondary N) is 2. The van der Waals surface area contributed by atoms with E-state index in [9.17, 15) is 0 Å². The summed E-state index contributed by atoms with van der Waals surface area (Å²) in [5.74, 6) is 0.781. The second-order valence-electron chi connectivity index (χ2n) is 7.71. The summed E-state index contributed by atoms with van der Waals surface area (Å²) in [5, 5.41) is 11.0. The molecule has 0 spiro atoms. The quantitative estimate of drug-likeness (QED) is 0.197. The van der Waals surface area contributed by atoms with E-state index in [1.807, 2.05) is 4.68 Å². The molecular formula is C26H29IN6. The highest BCUT2D eigenvalue weighted by Crippen LogP contribution is 2.24. The summed E-state index contributed by atoms with van der Waals surface area (Å²) in [6.45, 7) is 4.23. The molecule has 0 aliphatic heterocycles. The van der Waals surface area contributed by atoms with Gasteiger partial charge in [-0.25, -0.2) is 9.67 Å². The Hall–Kier alpha value is -3.20. The lowest BCUT2D eigenvalue weighted by Gasteiger charge is -2.15. The molecule has 0 aliphatic carbocycles. The minimum atomic E-state index is 0. The maximum atomic E-state index is 4.37. The minimum absolute atomic E-state index is 0. The van der Waals surface area contributed by atoms with E-state index in [1.54, 1.807) is 19.7 Å². The van der Waals surface area contributed by atoms with Crippen LogP contribution in [0.2, 0.25) is 0 Å². The summed E-state index contributed by atoms with van der Waals surface area (Å²) in [7, 11) is 1.80. The first-order valence-corrected chi connectivity index (χ1v) is 10.7. The zero-order valence-corrected chi connectivity index (χ0v) is 21.2. The second kappa shape index (κ2) is 12.2. The highest BCUT2D eigenvalue weighted by Gasteiger charge is 2.07. The molecule has 1 aromatic heterocycles. The Balaban J connectivity index is 0.00000306. The van der Waals surface area contributed by atoms with Crippen molar-refractivity contribution < 1.29 is 0 Å². The summed E-state index contributed by atoms with van der Waals surface area (Å²) < 4.78 is 1.82. The number of halogens is 1. The lowest BCUT2D eigenvalue weighted by atomic mass is 9.98. The molecule has 0 radical (unpaired) electrons. The van der Waals surface area contributed by atoms with Crippen LogP contribution in [0.4, 0.5) is 0 Å². The molecule has 170 valence electrons. The highest BCUT2D eigenvalue weighted by atomic mass is 127. The Labute approximate surface area is 212 Å². The fourth-order valence-electron chi connectivity index (χ4n) is 3.54. The van der Waals surface area contributed by atoms with Gasteiger partial charge in [0.1, 0.15) is 12.7 Å². The van der Waals surface area contributed by atoms with Crippen LogP contribution in [-0.2, 0) is 19.6 Å². The van der Waals surface area contributed by atoms with Gasteiger partial charge >= 0.3 is 0 Å². The van der Waals surface area contributed by atoms with E-state index in [0.717, 1.165) is 12.5 Å². The van der Waals surface area contributed by atoms with Crippen LogP contribution in [0.5, 0.6) is 0 Å². The monoisotopic (exact) mass is 552 g/mol. The van der Waals surface area contributed by atoms with Gasteiger partial charge in [-0.15, -0.1) is 24.0 Å². The van der Waals surface area contributed by atoms with Crippen molar-refractivity contribution in [2.24, 2.45) is 4.99 Å². The summed E-state index contributed by atoms with van der Waals surface area (Å²) in [6.07, 6.45) is 3.29. The van der Waals surface area contributed by atoms with Gasteiger partial charge in [0.15, 0.2) is 5.96 Å². The number of aryl methyl sites for hydroxylation is 1. The zero-order chi connectivity index (χ0) is 22.2. The number of hydrogen-bond donors (Lipinski definition) is 2. The molecule has 0 bridgehead atoms. The average molecular weight is 552 g/mol. The Morgan fingerprint density at radius 3 is 2.27 bits per heavy atom. The standard InChI is InChI=1S/C26H28N6.HI/c1-20-7-9-21(10-8-20)15-29-26(27-2)30-16-24-5-3-4-6-25(24)23-13-11-22(12-14-23)17-32-19-28-18-31-32;/h3-14,18-19H,15-17H2,1-2H3,(H2,27,29,30);1H. The fourth-order valence-corrected chi connectivity index (χ4v) is 3.54. The molecule has 0 aliphatic rings. The van der Waals surface area contributed by atoms with Crippen molar-refractivity contribution in [1.82, 2.24) is 25.4 Å². The van der Waals surface area contributed by atoms with Crippen LogP contribution in [0, 0.1) is 6.92 Å². The lowest BCUT2D eigenvalue weighted by molar-refractivity contribution is 0.685. The summed E-state index contributed by atoms with van der Waals surface area (Å²) in [5.41, 5.74) is 7.29. The van der Waals surface area contributed by atoms with E-state index in [1.165, 1.54) is 33.4 Å². The topological polar surface area (TPSA) is 67.1 Å². The molecule has 7 heteroatoms. The lowest BCUT2D eigenvalue weighted by Crippen LogP contribution is -2.36. The predicted molar refractivity (Wildman–Crippen MR) is 145 cm³/mol. The zero-order valence-electron chi connectivity index (χ0n) is 18.9. The van der Waals surface area contributed by atoms with E-state index in [2.05, 4.69) is 105 Å². The molecule has 4 aromatic rings. The van der Waals surface area contributed by atoms with Crippen LogP contribution in [0.1, 0.15) is 22.3 Å². The van der Waals surface area contributed by atoms with E-state index in [4.69, 9.17) is 0 Å². The van der Waals surface area contributed by atoms with Gasteiger partial charge in [-0.2, -0.15) is 5.10 Å². The Bertz CT molecular complexity index is 1150. The third-order valence-electron chi connectivity index (χ3n) is 5.34. The normalized spacial score (nSPS) is 11.0. The molecule has 0 saturated carbocycles. The first-order valence-electron chi connectivity index (χ1n) is 10.7. The number of aliphatic imine (C=N–C) groups is 1. The van der Waals surface area contributed by atoms with Gasteiger partial charge in [0, 0.05) is 20.1 Å². The number of rotatable bonds is 7.